The maximum atomic E-state index is 11.9. The van der Waals surface area contributed by atoms with Gasteiger partial charge in [-0.05, 0) is 24.6 Å². The Morgan fingerprint density at radius 3 is 3.12 bits per heavy atom. The maximum absolute atomic E-state index is 11.9. The quantitative estimate of drug-likeness (QED) is 0.807. The molecule has 1 N–H and O–H groups in total. The van der Waals surface area contributed by atoms with E-state index in [1.165, 1.54) is 4.68 Å². The number of fused-ring (bicyclic) bond motifs is 1. The maximum Gasteiger partial charge on any atom is 0.267 e. The second kappa shape index (κ2) is 7.74. The lowest BCUT2D eigenvalue weighted by Crippen LogP contribution is -2.40. The molecule has 0 fully saturated rings. The second-order valence-corrected chi connectivity index (χ2v) is 6.00. The first kappa shape index (κ1) is 16.9. The Kier molecular flexibility index (Phi) is 5.44. The Bertz CT molecular complexity index is 711. The van der Waals surface area contributed by atoms with Crippen molar-refractivity contribution in [2.24, 2.45) is 0 Å². The van der Waals surface area contributed by atoms with E-state index in [0.29, 0.717) is 26.2 Å². The lowest BCUT2D eigenvalue weighted by atomic mass is 10.1. The standard InChI is InChI=1S/C17H23N3O4/c1-2-20-17(22)8-13-9-19(6-5-16(13)18-20)10-14(21)11-23-12-15-4-3-7-24-15/h3-4,7-8,14,21H,2,5-6,9-12H2,1H3/t14-/m1/s1. The molecule has 0 radical (unpaired) electrons. The van der Waals surface area contributed by atoms with Gasteiger partial charge in [0.25, 0.3) is 5.56 Å². The predicted molar refractivity (Wildman–Crippen MR) is 87.5 cm³/mol. The molecule has 1 atom stereocenters. The van der Waals surface area contributed by atoms with Gasteiger partial charge in [0, 0.05) is 38.7 Å². The number of aliphatic hydroxyl groups excluding tert-OH is 1. The monoisotopic (exact) mass is 333 g/mol. The van der Waals surface area contributed by atoms with Crippen molar-refractivity contribution in [3.63, 3.8) is 0 Å². The average Bonchev–Trinajstić information content (AvgIpc) is 3.07. The number of nitrogens with zero attached hydrogens (tertiary/aromatic N) is 3. The molecule has 2 aromatic rings. The van der Waals surface area contributed by atoms with Gasteiger partial charge >= 0.3 is 0 Å². The Labute approximate surface area is 140 Å². The zero-order chi connectivity index (χ0) is 16.9. The first-order valence-corrected chi connectivity index (χ1v) is 8.26. The zero-order valence-corrected chi connectivity index (χ0v) is 13.9. The van der Waals surface area contributed by atoms with Crippen LogP contribution in [0, 0.1) is 0 Å². The van der Waals surface area contributed by atoms with Crippen LogP contribution in [0.25, 0.3) is 0 Å². The molecule has 0 saturated heterocycles. The molecule has 2 aromatic heterocycles. The molecular weight excluding hydrogens is 310 g/mol. The molecule has 0 spiro atoms. The summed E-state index contributed by atoms with van der Waals surface area (Å²) in [4.78, 5) is 14.0. The summed E-state index contributed by atoms with van der Waals surface area (Å²) >= 11 is 0. The van der Waals surface area contributed by atoms with Crippen LogP contribution in [0.15, 0.2) is 33.7 Å². The largest absolute Gasteiger partial charge is 0.467 e. The minimum absolute atomic E-state index is 0.0690. The lowest BCUT2D eigenvalue weighted by Gasteiger charge is -2.29. The normalized spacial score (nSPS) is 16.1. The van der Waals surface area contributed by atoms with Crippen molar-refractivity contribution >= 4 is 0 Å². The molecule has 130 valence electrons. The van der Waals surface area contributed by atoms with Crippen LogP contribution in [0.5, 0.6) is 0 Å². The molecule has 24 heavy (non-hydrogen) atoms. The number of β-amino-alcohol motifs (C(OH)–C–C–N with tert-alkyl or cyclic N) is 1. The van der Waals surface area contributed by atoms with Gasteiger partial charge in [-0.15, -0.1) is 0 Å². The smallest absolute Gasteiger partial charge is 0.267 e. The third-order valence-electron chi connectivity index (χ3n) is 4.13. The number of rotatable bonds is 7. The minimum atomic E-state index is -0.578. The van der Waals surface area contributed by atoms with E-state index in [9.17, 15) is 9.90 Å². The summed E-state index contributed by atoms with van der Waals surface area (Å²) in [6, 6.07) is 5.31. The van der Waals surface area contributed by atoms with Crippen LogP contribution in [-0.4, -0.2) is 45.6 Å². The molecule has 0 saturated carbocycles. The van der Waals surface area contributed by atoms with Crippen LogP contribution in [0.4, 0.5) is 0 Å². The van der Waals surface area contributed by atoms with Gasteiger partial charge < -0.3 is 14.3 Å². The van der Waals surface area contributed by atoms with Gasteiger partial charge in [0.1, 0.15) is 12.4 Å². The van der Waals surface area contributed by atoms with Crippen LogP contribution in [0.2, 0.25) is 0 Å². The molecule has 1 aliphatic rings. The molecule has 7 heteroatoms. The number of aryl methyl sites for hydroxylation is 1. The Morgan fingerprint density at radius 2 is 2.38 bits per heavy atom. The fraction of sp³-hybridized carbons (Fsp3) is 0.529. The molecule has 0 amide bonds. The van der Waals surface area contributed by atoms with E-state index in [4.69, 9.17) is 9.15 Å². The van der Waals surface area contributed by atoms with Crippen molar-refractivity contribution in [1.29, 1.82) is 0 Å². The topological polar surface area (TPSA) is 80.7 Å². The Balaban J connectivity index is 1.50. The number of aliphatic hydroxyl groups is 1. The molecular formula is C17H23N3O4. The summed E-state index contributed by atoms with van der Waals surface area (Å²) in [6.45, 7) is 5.06. The minimum Gasteiger partial charge on any atom is -0.467 e. The van der Waals surface area contributed by atoms with Crippen molar-refractivity contribution in [1.82, 2.24) is 14.7 Å². The number of furan rings is 1. The summed E-state index contributed by atoms with van der Waals surface area (Å²) in [5.41, 5.74) is 1.87. The van der Waals surface area contributed by atoms with Gasteiger partial charge in [0.15, 0.2) is 0 Å². The number of hydrogen-bond acceptors (Lipinski definition) is 6. The van der Waals surface area contributed by atoms with Crippen LogP contribution >= 0.6 is 0 Å². The Hall–Kier alpha value is -1.96. The number of aromatic nitrogens is 2. The molecule has 3 heterocycles. The highest BCUT2D eigenvalue weighted by Gasteiger charge is 2.21. The van der Waals surface area contributed by atoms with Crippen molar-refractivity contribution in [3.05, 3.63) is 51.8 Å². The van der Waals surface area contributed by atoms with E-state index in [1.807, 2.05) is 13.0 Å². The first-order chi connectivity index (χ1) is 11.7. The van der Waals surface area contributed by atoms with Crippen LogP contribution in [-0.2, 0) is 30.9 Å². The molecule has 0 unspecified atom stereocenters. The van der Waals surface area contributed by atoms with Gasteiger partial charge in [0.05, 0.1) is 24.7 Å². The number of ether oxygens (including phenoxy) is 1. The van der Waals surface area contributed by atoms with Gasteiger partial charge in [-0.1, -0.05) is 0 Å². The van der Waals surface area contributed by atoms with E-state index in [0.717, 1.165) is 30.0 Å². The highest BCUT2D eigenvalue weighted by molar-refractivity contribution is 5.20. The van der Waals surface area contributed by atoms with Gasteiger partial charge in [-0.25, -0.2) is 4.68 Å². The molecule has 0 aromatic carbocycles. The summed E-state index contributed by atoms with van der Waals surface area (Å²) < 4.78 is 12.1. The molecule has 0 bridgehead atoms. The van der Waals surface area contributed by atoms with Gasteiger partial charge in [0.2, 0.25) is 0 Å². The van der Waals surface area contributed by atoms with Gasteiger partial charge in [-0.2, -0.15) is 5.10 Å². The summed E-state index contributed by atoms with van der Waals surface area (Å²) in [6.07, 6.45) is 1.81. The van der Waals surface area contributed by atoms with Crippen molar-refractivity contribution in [2.45, 2.75) is 39.1 Å². The average molecular weight is 333 g/mol. The molecule has 1 aliphatic heterocycles. The van der Waals surface area contributed by atoms with Crippen molar-refractivity contribution in [2.75, 3.05) is 19.7 Å². The fourth-order valence-corrected chi connectivity index (χ4v) is 2.92. The number of hydrogen-bond donors (Lipinski definition) is 1. The van der Waals surface area contributed by atoms with E-state index in [1.54, 1.807) is 18.4 Å². The van der Waals surface area contributed by atoms with E-state index in [2.05, 4.69) is 10.00 Å². The fourth-order valence-electron chi connectivity index (χ4n) is 2.92. The molecule has 0 aliphatic carbocycles. The SMILES string of the molecule is CCn1nc2c(cc1=O)CN(C[C@@H](O)COCc1ccco1)CC2. The predicted octanol–water partition coefficient (Wildman–Crippen LogP) is 0.792. The van der Waals surface area contributed by atoms with Crippen molar-refractivity contribution in [3.8, 4) is 0 Å². The second-order valence-electron chi connectivity index (χ2n) is 6.00. The molecule has 7 nitrogen and oxygen atoms in total. The van der Waals surface area contributed by atoms with Crippen LogP contribution < -0.4 is 5.56 Å². The lowest BCUT2D eigenvalue weighted by molar-refractivity contribution is 0.00295. The Morgan fingerprint density at radius 1 is 1.50 bits per heavy atom. The van der Waals surface area contributed by atoms with Crippen LogP contribution in [0.3, 0.4) is 0 Å². The molecule has 3 rings (SSSR count). The summed E-state index contributed by atoms with van der Waals surface area (Å²) in [7, 11) is 0. The third-order valence-corrected chi connectivity index (χ3v) is 4.13. The van der Waals surface area contributed by atoms with E-state index in [-0.39, 0.29) is 12.2 Å². The highest BCUT2D eigenvalue weighted by atomic mass is 16.5. The highest BCUT2D eigenvalue weighted by Crippen LogP contribution is 2.15. The van der Waals surface area contributed by atoms with E-state index >= 15 is 0 Å². The summed E-state index contributed by atoms with van der Waals surface area (Å²) in [5, 5.41) is 14.5. The van der Waals surface area contributed by atoms with E-state index < -0.39 is 6.10 Å². The van der Waals surface area contributed by atoms with Crippen molar-refractivity contribution < 1.29 is 14.3 Å². The third kappa shape index (κ3) is 4.11. The first-order valence-electron chi connectivity index (χ1n) is 8.26. The van der Waals surface area contributed by atoms with Gasteiger partial charge in [-0.3, -0.25) is 9.69 Å². The van der Waals surface area contributed by atoms with Crippen LogP contribution in [0.1, 0.15) is 23.9 Å². The summed E-state index contributed by atoms with van der Waals surface area (Å²) in [5.74, 6) is 0.743. The zero-order valence-electron chi connectivity index (χ0n) is 13.9.